The Balaban J connectivity index is 1.69. The van der Waals surface area contributed by atoms with E-state index in [1.807, 2.05) is 37.3 Å². The van der Waals surface area contributed by atoms with Crippen molar-refractivity contribution in [2.75, 3.05) is 27.4 Å². The summed E-state index contributed by atoms with van der Waals surface area (Å²) < 4.78 is 30.2. The van der Waals surface area contributed by atoms with Gasteiger partial charge in [-0.05, 0) is 56.2 Å². The van der Waals surface area contributed by atoms with Crippen molar-refractivity contribution in [1.29, 1.82) is 0 Å². The minimum atomic E-state index is -0.973. The summed E-state index contributed by atoms with van der Waals surface area (Å²) in [5.74, 6) is 0.658. The van der Waals surface area contributed by atoms with Crippen LogP contribution in [0.3, 0.4) is 0 Å². The number of allylic oxidation sites excluding steroid dienone is 1. The van der Waals surface area contributed by atoms with Crippen molar-refractivity contribution in [3.05, 3.63) is 117 Å². The third-order valence-electron chi connectivity index (χ3n) is 7.43. The van der Waals surface area contributed by atoms with Gasteiger partial charge in [0.1, 0.15) is 6.61 Å². The summed E-state index contributed by atoms with van der Waals surface area (Å²) in [6.45, 7) is 5.86. The Morgan fingerprint density at radius 1 is 1.02 bits per heavy atom. The Labute approximate surface area is 287 Å². The summed E-state index contributed by atoms with van der Waals surface area (Å²) in [5.41, 5.74) is 1.23. The average molecular weight is 739 g/mol. The maximum absolute atomic E-state index is 14.2. The second-order valence-electron chi connectivity index (χ2n) is 10.4. The summed E-state index contributed by atoms with van der Waals surface area (Å²) in [7, 11) is 2.92. The maximum Gasteiger partial charge on any atom is 0.338 e. The van der Waals surface area contributed by atoms with Gasteiger partial charge >= 0.3 is 5.97 Å². The van der Waals surface area contributed by atoms with E-state index in [0.29, 0.717) is 38.6 Å². The number of esters is 1. The number of halogens is 1. The number of methoxy groups -OCH3 is 2. The van der Waals surface area contributed by atoms with Crippen LogP contribution in [-0.4, -0.2) is 42.9 Å². The molecule has 1 aromatic heterocycles. The van der Waals surface area contributed by atoms with Crippen molar-refractivity contribution < 1.29 is 33.4 Å². The van der Waals surface area contributed by atoms with Crippen molar-refractivity contribution >= 4 is 45.0 Å². The maximum atomic E-state index is 14.2. The zero-order valence-electron chi connectivity index (χ0n) is 26.8. The number of fused-ring (bicyclic) bond motifs is 1. The highest BCUT2D eigenvalue weighted by molar-refractivity contribution is 9.10. The van der Waals surface area contributed by atoms with Crippen molar-refractivity contribution in [2.45, 2.75) is 33.4 Å². The van der Waals surface area contributed by atoms with Gasteiger partial charge in [-0.1, -0.05) is 57.6 Å². The van der Waals surface area contributed by atoms with E-state index in [2.05, 4.69) is 20.9 Å². The van der Waals surface area contributed by atoms with Crippen molar-refractivity contribution in [1.82, 2.24) is 4.57 Å². The van der Waals surface area contributed by atoms with Crippen LogP contribution in [-0.2, 0) is 16.1 Å². The predicted molar refractivity (Wildman–Crippen MR) is 183 cm³/mol. The third kappa shape index (κ3) is 6.85. The number of nitrogens with zero attached hydrogens (tertiary/aromatic N) is 3. The van der Waals surface area contributed by atoms with Gasteiger partial charge in [-0.25, -0.2) is 9.79 Å². The molecule has 5 rings (SSSR count). The fourth-order valence-corrected chi connectivity index (χ4v) is 6.84. The van der Waals surface area contributed by atoms with Gasteiger partial charge in [0, 0.05) is 4.47 Å². The number of rotatable bonds is 12. The van der Waals surface area contributed by atoms with E-state index >= 15 is 0 Å². The van der Waals surface area contributed by atoms with E-state index in [9.17, 15) is 19.7 Å². The van der Waals surface area contributed by atoms with Crippen LogP contribution in [0.4, 0.5) is 5.69 Å². The van der Waals surface area contributed by atoms with Crippen LogP contribution < -0.4 is 33.8 Å². The summed E-state index contributed by atoms with van der Waals surface area (Å²) in [6.07, 6.45) is 1.42. The lowest BCUT2D eigenvalue weighted by atomic mass is 9.95. The topological polar surface area (TPSA) is 141 Å². The average Bonchev–Trinajstić information content (AvgIpc) is 3.37. The molecule has 0 unspecified atom stereocenters. The van der Waals surface area contributed by atoms with Gasteiger partial charge in [-0.3, -0.25) is 19.5 Å². The van der Waals surface area contributed by atoms with Gasteiger partial charge in [0.05, 0.1) is 65.8 Å². The van der Waals surface area contributed by atoms with Crippen LogP contribution in [0.1, 0.15) is 43.5 Å². The highest BCUT2D eigenvalue weighted by atomic mass is 79.9. The molecule has 1 atom stereocenters. The number of carbonyl (C=O) groups is 1. The van der Waals surface area contributed by atoms with Gasteiger partial charge in [-0.2, -0.15) is 0 Å². The molecule has 250 valence electrons. The minimum Gasteiger partial charge on any atom is -0.493 e. The number of hydrogen-bond acceptors (Lipinski definition) is 11. The number of carbonyl (C=O) groups excluding carboxylic acids is 1. The first-order valence-electron chi connectivity index (χ1n) is 14.8. The second-order valence-corrected chi connectivity index (χ2v) is 12.2. The van der Waals surface area contributed by atoms with E-state index in [4.69, 9.17) is 23.7 Å². The van der Waals surface area contributed by atoms with Crippen molar-refractivity contribution in [2.24, 2.45) is 4.99 Å². The standard InChI is InChI=1S/C34H32BrN3O9S/c1-6-45-27-16-23(35)22(15-26(27)44-5)31-30(33(40)46-7-2)19(3)36-34-37(31)32(39)29(48-34)14-21-13-25(43-4)28(17-24(21)38(41)42)47-18-20-11-9-8-10-12-20/h8-17,31H,6-7,18H2,1-5H3/b29-14+/t31-/m0/s1. The summed E-state index contributed by atoms with van der Waals surface area (Å²) in [4.78, 5) is 44.2. The third-order valence-corrected chi connectivity index (χ3v) is 9.10. The van der Waals surface area contributed by atoms with Crippen LogP contribution in [0.15, 0.2) is 80.1 Å². The van der Waals surface area contributed by atoms with E-state index in [1.54, 1.807) is 26.0 Å². The molecule has 4 aromatic rings. The van der Waals surface area contributed by atoms with E-state index in [-0.39, 0.29) is 46.1 Å². The largest absolute Gasteiger partial charge is 0.493 e. The lowest BCUT2D eigenvalue weighted by molar-refractivity contribution is -0.385. The summed E-state index contributed by atoms with van der Waals surface area (Å²) in [6, 6.07) is 14.5. The van der Waals surface area contributed by atoms with Gasteiger partial charge in [-0.15, -0.1) is 0 Å². The molecule has 0 fully saturated rings. The monoisotopic (exact) mass is 737 g/mol. The van der Waals surface area contributed by atoms with Gasteiger partial charge < -0.3 is 23.7 Å². The fraction of sp³-hybridized carbons (Fsp3) is 0.265. The molecule has 0 amide bonds. The number of ether oxygens (including phenoxy) is 5. The smallest absolute Gasteiger partial charge is 0.338 e. The number of aromatic nitrogens is 1. The molecule has 3 aromatic carbocycles. The molecule has 1 aliphatic heterocycles. The van der Waals surface area contributed by atoms with Gasteiger partial charge in [0.2, 0.25) is 0 Å². The van der Waals surface area contributed by atoms with Crippen molar-refractivity contribution in [3.8, 4) is 23.0 Å². The van der Waals surface area contributed by atoms with Crippen LogP contribution in [0, 0.1) is 10.1 Å². The Morgan fingerprint density at radius 2 is 1.71 bits per heavy atom. The fourth-order valence-electron chi connectivity index (χ4n) is 5.26. The first kappa shape index (κ1) is 34.4. The molecular weight excluding hydrogens is 706 g/mol. The molecule has 0 saturated heterocycles. The lowest BCUT2D eigenvalue weighted by Crippen LogP contribution is -2.40. The highest BCUT2D eigenvalue weighted by Crippen LogP contribution is 2.41. The normalized spacial score (nSPS) is 14.2. The Hall–Kier alpha value is -4.95. The Morgan fingerprint density at radius 3 is 2.35 bits per heavy atom. The number of thiazole rings is 1. The molecule has 12 nitrogen and oxygen atoms in total. The second kappa shape index (κ2) is 14.9. The summed E-state index contributed by atoms with van der Waals surface area (Å²) in [5, 5.41) is 12.3. The van der Waals surface area contributed by atoms with E-state index < -0.39 is 22.5 Å². The van der Waals surface area contributed by atoms with Crippen LogP contribution in [0.2, 0.25) is 0 Å². The molecule has 0 bridgehead atoms. The quantitative estimate of drug-likeness (QED) is 0.105. The Kier molecular flexibility index (Phi) is 10.6. The highest BCUT2D eigenvalue weighted by Gasteiger charge is 2.35. The molecule has 0 N–H and O–H groups in total. The van der Waals surface area contributed by atoms with E-state index in [1.165, 1.54) is 37.0 Å². The molecule has 1 aliphatic rings. The SMILES string of the molecule is CCOC(=O)C1=C(C)N=c2s/c(=C/c3cc(OC)c(OCc4ccccc4)cc3[N+](=O)[O-])c(=O)n2[C@H]1c1cc(OC)c(OCC)cc1Br. The van der Waals surface area contributed by atoms with Gasteiger partial charge in [0.15, 0.2) is 27.8 Å². The molecule has 0 saturated carbocycles. The number of nitro groups is 1. The van der Waals surface area contributed by atoms with Crippen LogP contribution >= 0.6 is 27.3 Å². The van der Waals surface area contributed by atoms with E-state index in [0.717, 1.165) is 16.9 Å². The summed E-state index contributed by atoms with van der Waals surface area (Å²) >= 11 is 4.64. The first-order chi connectivity index (χ1) is 23.1. The zero-order chi connectivity index (χ0) is 34.5. The molecule has 14 heteroatoms. The zero-order valence-corrected chi connectivity index (χ0v) is 29.2. The van der Waals surface area contributed by atoms with Gasteiger partial charge in [0.25, 0.3) is 11.2 Å². The first-order valence-corrected chi connectivity index (χ1v) is 16.5. The number of benzene rings is 3. The van der Waals surface area contributed by atoms with Crippen LogP contribution in [0.25, 0.3) is 6.08 Å². The molecule has 0 radical (unpaired) electrons. The molecule has 48 heavy (non-hydrogen) atoms. The molecule has 2 heterocycles. The molecular formula is C34H32BrN3O9S. The predicted octanol–water partition coefficient (Wildman–Crippen LogP) is 5.46. The number of hydrogen-bond donors (Lipinski definition) is 0. The molecule has 0 aliphatic carbocycles. The number of nitro benzene ring substituents is 1. The van der Waals surface area contributed by atoms with Crippen molar-refractivity contribution in [3.63, 3.8) is 0 Å². The van der Waals surface area contributed by atoms with Crippen LogP contribution in [0.5, 0.6) is 23.0 Å². The minimum absolute atomic E-state index is 0.108. The Bertz CT molecular complexity index is 2090. The lowest BCUT2D eigenvalue weighted by Gasteiger charge is -2.26. The molecule has 0 spiro atoms.